The first kappa shape index (κ1) is 17.9. The average molecular weight is 353 g/mol. The Morgan fingerprint density at radius 1 is 1.04 bits per heavy atom. The molecule has 2 heterocycles. The van der Waals surface area contributed by atoms with Gasteiger partial charge in [0.1, 0.15) is 0 Å². The maximum absolute atomic E-state index is 12.4. The summed E-state index contributed by atoms with van der Waals surface area (Å²) in [6, 6.07) is 10.5. The van der Waals surface area contributed by atoms with Gasteiger partial charge in [0.15, 0.2) is 0 Å². The summed E-state index contributed by atoms with van der Waals surface area (Å²) in [5.41, 5.74) is 1.32. The van der Waals surface area contributed by atoms with Crippen LogP contribution in [0.3, 0.4) is 0 Å². The maximum atomic E-state index is 12.4. The molecule has 0 spiro atoms. The second-order valence-electron chi connectivity index (χ2n) is 6.99. The van der Waals surface area contributed by atoms with Crippen LogP contribution in [-0.4, -0.2) is 51.4 Å². The molecule has 1 aromatic carbocycles. The number of rotatable bonds is 6. The second-order valence-corrected chi connectivity index (χ2v) is 8.79. The zero-order valence-electron chi connectivity index (χ0n) is 14.2. The van der Waals surface area contributed by atoms with Crippen LogP contribution < -0.4 is 4.72 Å². The molecule has 134 valence electrons. The zero-order valence-corrected chi connectivity index (χ0v) is 15.0. The van der Waals surface area contributed by atoms with Crippen molar-refractivity contribution in [2.45, 2.75) is 38.3 Å². The molecule has 2 aliphatic rings. The summed E-state index contributed by atoms with van der Waals surface area (Å²) in [5, 5.41) is 0. The minimum atomic E-state index is -3.18. The zero-order chi connectivity index (χ0) is 16.8. The number of likely N-dealkylation sites (tertiary alicyclic amines) is 1. The van der Waals surface area contributed by atoms with Gasteiger partial charge in [-0.05, 0) is 37.2 Å². The Hall–Kier alpha value is -0.950. The minimum Gasteiger partial charge on any atom is -0.381 e. The van der Waals surface area contributed by atoms with Gasteiger partial charge in [-0.15, -0.1) is 0 Å². The fourth-order valence-corrected chi connectivity index (χ4v) is 5.37. The summed E-state index contributed by atoms with van der Waals surface area (Å²) in [5.74, 6) is 0.495. The maximum Gasteiger partial charge on any atom is 0.212 e. The van der Waals surface area contributed by atoms with Gasteiger partial charge >= 0.3 is 0 Å². The van der Waals surface area contributed by atoms with Crippen LogP contribution in [0.15, 0.2) is 30.3 Å². The Balaban J connectivity index is 1.42. The SMILES string of the molecule is O=S(=O)(CC1CCOCC1)NC1CCN(Cc2ccccc2)CC1. The Morgan fingerprint density at radius 3 is 2.38 bits per heavy atom. The van der Waals surface area contributed by atoms with E-state index in [1.165, 1.54) is 5.56 Å². The molecule has 2 aliphatic heterocycles. The third-order valence-electron chi connectivity index (χ3n) is 4.98. The predicted molar refractivity (Wildman–Crippen MR) is 95.2 cm³/mol. The number of sulfonamides is 1. The highest BCUT2D eigenvalue weighted by Crippen LogP contribution is 2.18. The van der Waals surface area contributed by atoms with Crippen LogP contribution in [0.5, 0.6) is 0 Å². The lowest BCUT2D eigenvalue weighted by atomic mass is 10.0. The van der Waals surface area contributed by atoms with Crippen LogP contribution in [0.4, 0.5) is 0 Å². The standard InChI is InChI=1S/C18H28N2O3S/c21-24(22,15-17-8-12-23-13-9-17)19-18-6-10-20(11-7-18)14-16-4-2-1-3-5-16/h1-5,17-19H,6-15H2. The molecule has 6 heteroatoms. The summed E-state index contributed by atoms with van der Waals surface area (Å²) in [4.78, 5) is 2.40. The number of nitrogens with zero attached hydrogens (tertiary/aromatic N) is 1. The molecule has 2 fully saturated rings. The van der Waals surface area contributed by atoms with Crippen LogP contribution in [0.1, 0.15) is 31.2 Å². The molecule has 0 radical (unpaired) electrons. The highest BCUT2D eigenvalue weighted by atomic mass is 32.2. The van der Waals surface area contributed by atoms with Crippen molar-refractivity contribution < 1.29 is 13.2 Å². The Bertz CT molecular complexity index is 592. The molecular formula is C18H28N2O3S. The Morgan fingerprint density at radius 2 is 1.71 bits per heavy atom. The fourth-order valence-electron chi connectivity index (χ4n) is 3.58. The van der Waals surface area contributed by atoms with Crippen molar-refractivity contribution in [1.29, 1.82) is 0 Å². The topological polar surface area (TPSA) is 58.6 Å². The quantitative estimate of drug-likeness (QED) is 0.851. The van der Waals surface area contributed by atoms with Gasteiger partial charge in [0, 0.05) is 38.9 Å². The Kier molecular flexibility index (Phi) is 6.27. The van der Waals surface area contributed by atoms with Gasteiger partial charge in [-0.3, -0.25) is 4.90 Å². The molecule has 0 amide bonds. The number of nitrogens with one attached hydrogen (secondary N) is 1. The van der Waals surface area contributed by atoms with E-state index in [1.807, 2.05) is 6.07 Å². The molecular weight excluding hydrogens is 324 g/mol. The summed E-state index contributed by atoms with van der Waals surface area (Å²) >= 11 is 0. The first-order valence-corrected chi connectivity index (χ1v) is 10.6. The highest BCUT2D eigenvalue weighted by Gasteiger charge is 2.26. The minimum absolute atomic E-state index is 0.0851. The molecule has 1 N–H and O–H groups in total. The van der Waals surface area contributed by atoms with Crippen LogP contribution >= 0.6 is 0 Å². The molecule has 0 aliphatic carbocycles. The van der Waals surface area contributed by atoms with E-state index in [-0.39, 0.29) is 17.7 Å². The van der Waals surface area contributed by atoms with Gasteiger partial charge in [0.2, 0.25) is 10.0 Å². The summed E-state index contributed by atoms with van der Waals surface area (Å²) < 4.78 is 33.0. The summed E-state index contributed by atoms with van der Waals surface area (Å²) in [6.07, 6.45) is 3.49. The van der Waals surface area contributed by atoms with E-state index >= 15 is 0 Å². The van der Waals surface area contributed by atoms with E-state index in [9.17, 15) is 8.42 Å². The molecule has 0 saturated carbocycles. The lowest BCUT2D eigenvalue weighted by molar-refractivity contribution is 0.0722. The van der Waals surface area contributed by atoms with Crippen molar-refractivity contribution >= 4 is 10.0 Å². The monoisotopic (exact) mass is 352 g/mol. The van der Waals surface area contributed by atoms with Crippen molar-refractivity contribution in [3.63, 3.8) is 0 Å². The molecule has 3 rings (SSSR count). The fraction of sp³-hybridized carbons (Fsp3) is 0.667. The number of piperidine rings is 1. The largest absolute Gasteiger partial charge is 0.381 e. The number of benzene rings is 1. The van der Waals surface area contributed by atoms with Gasteiger partial charge in [-0.1, -0.05) is 30.3 Å². The molecule has 5 nitrogen and oxygen atoms in total. The van der Waals surface area contributed by atoms with Crippen molar-refractivity contribution in [1.82, 2.24) is 9.62 Å². The lowest BCUT2D eigenvalue weighted by Gasteiger charge is -2.32. The molecule has 24 heavy (non-hydrogen) atoms. The molecule has 0 aromatic heterocycles. The smallest absolute Gasteiger partial charge is 0.212 e. The van der Waals surface area contributed by atoms with Crippen molar-refractivity contribution in [2.75, 3.05) is 32.1 Å². The van der Waals surface area contributed by atoms with Crippen molar-refractivity contribution in [3.8, 4) is 0 Å². The number of hydrogen-bond acceptors (Lipinski definition) is 4. The van der Waals surface area contributed by atoms with Crippen LogP contribution in [-0.2, 0) is 21.3 Å². The van der Waals surface area contributed by atoms with E-state index < -0.39 is 10.0 Å². The lowest BCUT2D eigenvalue weighted by Crippen LogP contribution is -2.45. The molecule has 0 unspecified atom stereocenters. The first-order valence-electron chi connectivity index (χ1n) is 8.95. The van der Waals surface area contributed by atoms with Crippen LogP contribution in [0.25, 0.3) is 0 Å². The summed E-state index contributed by atoms with van der Waals surface area (Å²) in [6.45, 7) is 4.22. The van der Waals surface area contributed by atoms with Gasteiger partial charge in [0.05, 0.1) is 5.75 Å². The molecule has 1 aromatic rings. The van der Waals surface area contributed by atoms with E-state index in [0.717, 1.165) is 45.3 Å². The predicted octanol–water partition coefficient (Wildman–Crippen LogP) is 2.00. The third-order valence-corrected chi connectivity index (χ3v) is 6.58. The normalized spacial score (nSPS) is 21.8. The van der Waals surface area contributed by atoms with Gasteiger partial charge in [0.25, 0.3) is 0 Å². The first-order chi connectivity index (χ1) is 11.6. The number of ether oxygens (including phenoxy) is 1. The van der Waals surface area contributed by atoms with E-state index in [0.29, 0.717) is 13.2 Å². The van der Waals surface area contributed by atoms with Gasteiger partial charge in [-0.2, -0.15) is 0 Å². The van der Waals surface area contributed by atoms with Crippen LogP contribution in [0, 0.1) is 5.92 Å². The van der Waals surface area contributed by atoms with Crippen LogP contribution in [0.2, 0.25) is 0 Å². The van der Waals surface area contributed by atoms with Crippen molar-refractivity contribution in [3.05, 3.63) is 35.9 Å². The second kappa shape index (κ2) is 8.43. The molecule has 0 atom stereocenters. The van der Waals surface area contributed by atoms with Gasteiger partial charge in [-0.25, -0.2) is 13.1 Å². The molecule has 0 bridgehead atoms. The Labute approximate surface area is 145 Å². The average Bonchev–Trinajstić information content (AvgIpc) is 2.58. The van der Waals surface area contributed by atoms with E-state index in [1.54, 1.807) is 0 Å². The third kappa shape index (κ3) is 5.55. The van der Waals surface area contributed by atoms with E-state index in [4.69, 9.17) is 4.74 Å². The van der Waals surface area contributed by atoms with Gasteiger partial charge < -0.3 is 4.74 Å². The van der Waals surface area contributed by atoms with Crippen molar-refractivity contribution in [2.24, 2.45) is 5.92 Å². The van der Waals surface area contributed by atoms with E-state index in [2.05, 4.69) is 33.9 Å². The highest BCUT2D eigenvalue weighted by molar-refractivity contribution is 7.89. The molecule has 2 saturated heterocycles. The number of hydrogen-bond donors (Lipinski definition) is 1. The summed E-state index contributed by atoms with van der Waals surface area (Å²) in [7, 11) is -3.18.